The fourth-order valence-electron chi connectivity index (χ4n) is 4.03. The minimum Gasteiger partial charge on any atom is -0.484 e. The van der Waals surface area contributed by atoms with Gasteiger partial charge in [-0.05, 0) is 55.2 Å². The average Bonchev–Trinajstić information content (AvgIpc) is 2.80. The average molecular weight is 477 g/mol. The van der Waals surface area contributed by atoms with Crippen LogP contribution in [-0.2, 0) is 16.1 Å². The van der Waals surface area contributed by atoms with Crippen molar-refractivity contribution >= 4 is 35.0 Å². The Morgan fingerprint density at radius 3 is 2.41 bits per heavy atom. The maximum atomic E-state index is 13.2. The first kappa shape index (κ1) is 24.4. The van der Waals surface area contributed by atoms with Gasteiger partial charge in [0.15, 0.2) is 6.61 Å². The van der Waals surface area contributed by atoms with Crippen LogP contribution >= 0.6 is 23.2 Å². The molecule has 0 heterocycles. The van der Waals surface area contributed by atoms with E-state index in [9.17, 15) is 9.59 Å². The second-order valence-corrected chi connectivity index (χ2v) is 8.97. The molecule has 5 nitrogen and oxygen atoms in total. The first-order valence-corrected chi connectivity index (χ1v) is 11.9. The van der Waals surface area contributed by atoms with Crippen LogP contribution in [0, 0.1) is 0 Å². The first-order chi connectivity index (χ1) is 15.5. The van der Waals surface area contributed by atoms with Crippen molar-refractivity contribution in [1.29, 1.82) is 0 Å². The van der Waals surface area contributed by atoms with Crippen molar-refractivity contribution in [2.45, 2.75) is 64.1 Å². The molecule has 1 unspecified atom stereocenters. The number of hydrogen-bond acceptors (Lipinski definition) is 3. The van der Waals surface area contributed by atoms with Gasteiger partial charge in [0.05, 0.1) is 0 Å². The van der Waals surface area contributed by atoms with E-state index in [-0.39, 0.29) is 31.0 Å². The Morgan fingerprint density at radius 1 is 1.06 bits per heavy atom. The zero-order valence-electron chi connectivity index (χ0n) is 18.4. The summed E-state index contributed by atoms with van der Waals surface area (Å²) in [6.07, 6.45) is 5.93. The van der Waals surface area contributed by atoms with Gasteiger partial charge in [0, 0.05) is 22.6 Å². The van der Waals surface area contributed by atoms with E-state index >= 15 is 0 Å². The molecule has 0 bridgehead atoms. The molecule has 172 valence electrons. The van der Waals surface area contributed by atoms with Crippen LogP contribution in [0.25, 0.3) is 0 Å². The van der Waals surface area contributed by atoms with Gasteiger partial charge in [0.1, 0.15) is 11.8 Å². The summed E-state index contributed by atoms with van der Waals surface area (Å²) in [6.45, 7) is 1.97. The largest absolute Gasteiger partial charge is 0.484 e. The zero-order valence-corrected chi connectivity index (χ0v) is 19.9. The van der Waals surface area contributed by atoms with Crippen LogP contribution in [-0.4, -0.2) is 35.4 Å². The molecule has 7 heteroatoms. The minimum absolute atomic E-state index is 0.119. The summed E-state index contributed by atoms with van der Waals surface area (Å²) in [5.74, 6) is 0.150. The molecular formula is C25H30Cl2N2O3. The van der Waals surface area contributed by atoms with Crippen molar-refractivity contribution in [2.24, 2.45) is 0 Å². The molecule has 1 fully saturated rings. The number of carbonyl (C=O) groups excluding carboxylic acids is 2. The summed E-state index contributed by atoms with van der Waals surface area (Å²) in [5.41, 5.74) is 0.790. The van der Waals surface area contributed by atoms with Gasteiger partial charge in [-0.3, -0.25) is 9.59 Å². The third kappa shape index (κ3) is 6.88. The highest BCUT2D eigenvalue weighted by atomic mass is 35.5. The number of carbonyl (C=O) groups is 2. The van der Waals surface area contributed by atoms with Crippen LogP contribution in [0.4, 0.5) is 0 Å². The second-order valence-electron chi connectivity index (χ2n) is 8.12. The van der Waals surface area contributed by atoms with E-state index in [0.717, 1.165) is 31.2 Å². The molecule has 0 spiro atoms. The Kier molecular flexibility index (Phi) is 9.24. The predicted octanol–water partition coefficient (Wildman–Crippen LogP) is 5.63. The third-order valence-corrected chi connectivity index (χ3v) is 6.43. The molecule has 1 aliphatic carbocycles. The van der Waals surface area contributed by atoms with E-state index in [4.69, 9.17) is 27.9 Å². The number of benzene rings is 2. The number of halogens is 2. The minimum atomic E-state index is -0.602. The lowest BCUT2D eigenvalue weighted by atomic mass is 9.95. The van der Waals surface area contributed by atoms with Gasteiger partial charge in [-0.15, -0.1) is 0 Å². The van der Waals surface area contributed by atoms with E-state index in [1.807, 2.05) is 25.1 Å². The van der Waals surface area contributed by atoms with Crippen LogP contribution in [0.1, 0.15) is 51.0 Å². The molecule has 32 heavy (non-hydrogen) atoms. The van der Waals surface area contributed by atoms with Gasteiger partial charge >= 0.3 is 0 Å². The summed E-state index contributed by atoms with van der Waals surface area (Å²) in [6, 6.07) is 13.8. The number of nitrogens with one attached hydrogen (secondary N) is 1. The summed E-state index contributed by atoms with van der Waals surface area (Å²) < 4.78 is 5.68. The van der Waals surface area contributed by atoms with Crippen molar-refractivity contribution < 1.29 is 14.3 Å². The zero-order chi connectivity index (χ0) is 22.9. The topological polar surface area (TPSA) is 58.6 Å². The van der Waals surface area contributed by atoms with E-state index in [1.165, 1.54) is 6.42 Å². The van der Waals surface area contributed by atoms with Crippen LogP contribution in [0.3, 0.4) is 0 Å². The van der Waals surface area contributed by atoms with E-state index in [0.29, 0.717) is 22.2 Å². The summed E-state index contributed by atoms with van der Waals surface area (Å²) in [5, 5.41) is 4.32. The Morgan fingerprint density at radius 2 is 1.75 bits per heavy atom. The highest BCUT2D eigenvalue weighted by Gasteiger charge is 2.31. The number of amides is 2. The lowest BCUT2D eigenvalue weighted by molar-refractivity contribution is -0.143. The fourth-order valence-corrected chi connectivity index (χ4v) is 4.35. The van der Waals surface area contributed by atoms with Crippen molar-refractivity contribution in [3.63, 3.8) is 0 Å². The van der Waals surface area contributed by atoms with E-state index in [1.54, 1.807) is 35.2 Å². The molecule has 0 aliphatic heterocycles. The van der Waals surface area contributed by atoms with Gasteiger partial charge in [0.2, 0.25) is 5.91 Å². The molecular weight excluding hydrogens is 447 g/mol. The van der Waals surface area contributed by atoms with Crippen molar-refractivity contribution in [3.8, 4) is 5.75 Å². The van der Waals surface area contributed by atoms with Gasteiger partial charge in [-0.2, -0.15) is 0 Å². The molecule has 2 aromatic rings. The van der Waals surface area contributed by atoms with E-state index in [2.05, 4.69) is 5.32 Å². The van der Waals surface area contributed by atoms with Gasteiger partial charge in [-0.25, -0.2) is 0 Å². The Labute approximate surface area is 200 Å². The monoisotopic (exact) mass is 476 g/mol. The Balaban J connectivity index is 1.75. The molecule has 1 atom stereocenters. The molecule has 1 aliphatic rings. The van der Waals surface area contributed by atoms with Gasteiger partial charge in [-0.1, -0.05) is 67.6 Å². The number of rotatable bonds is 9. The molecule has 0 aromatic heterocycles. The number of ether oxygens (including phenoxy) is 1. The maximum absolute atomic E-state index is 13.2. The van der Waals surface area contributed by atoms with Crippen LogP contribution in [0.5, 0.6) is 5.75 Å². The van der Waals surface area contributed by atoms with E-state index < -0.39 is 6.04 Å². The molecule has 2 amide bonds. The fraction of sp³-hybridized carbons (Fsp3) is 0.440. The number of hydrogen-bond donors (Lipinski definition) is 1. The van der Waals surface area contributed by atoms with Gasteiger partial charge < -0.3 is 15.0 Å². The summed E-state index contributed by atoms with van der Waals surface area (Å²) >= 11 is 12.3. The predicted molar refractivity (Wildman–Crippen MR) is 128 cm³/mol. The van der Waals surface area contributed by atoms with Crippen molar-refractivity contribution in [1.82, 2.24) is 10.2 Å². The molecule has 3 rings (SSSR count). The SMILES string of the molecule is CCC(C(=O)NC1CCCCC1)N(Cc1ccccc1Cl)C(=O)COc1ccc(Cl)cc1. The highest BCUT2D eigenvalue weighted by molar-refractivity contribution is 6.31. The lowest BCUT2D eigenvalue weighted by Gasteiger charge is -2.33. The smallest absolute Gasteiger partial charge is 0.261 e. The maximum Gasteiger partial charge on any atom is 0.261 e. The van der Waals surface area contributed by atoms with Crippen molar-refractivity contribution in [2.75, 3.05) is 6.61 Å². The third-order valence-electron chi connectivity index (χ3n) is 5.81. The van der Waals surface area contributed by atoms with Crippen LogP contribution < -0.4 is 10.1 Å². The standard InChI is InChI=1S/C25H30Cl2N2O3/c1-2-23(25(31)28-20-9-4-3-5-10-20)29(16-18-8-6-7-11-22(18)27)24(30)17-32-21-14-12-19(26)13-15-21/h6-8,11-15,20,23H,2-5,9-10,16-17H2,1H3,(H,28,31). The van der Waals surface area contributed by atoms with Crippen LogP contribution in [0.15, 0.2) is 48.5 Å². The Bertz CT molecular complexity index is 898. The molecule has 2 aromatic carbocycles. The first-order valence-electron chi connectivity index (χ1n) is 11.2. The quantitative estimate of drug-likeness (QED) is 0.510. The van der Waals surface area contributed by atoms with Crippen LogP contribution in [0.2, 0.25) is 10.0 Å². The number of nitrogens with zero attached hydrogens (tertiary/aromatic N) is 1. The highest BCUT2D eigenvalue weighted by Crippen LogP contribution is 2.22. The molecule has 0 saturated heterocycles. The lowest BCUT2D eigenvalue weighted by Crippen LogP contribution is -2.52. The summed E-state index contributed by atoms with van der Waals surface area (Å²) in [4.78, 5) is 28.0. The van der Waals surface area contributed by atoms with Crippen molar-refractivity contribution in [3.05, 3.63) is 64.1 Å². The molecule has 1 saturated carbocycles. The molecule has 1 N–H and O–H groups in total. The summed E-state index contributed by atoms with van der Waals surface area (Å²) in [7, 11) is 0. The molecule has 0 radical (unpaired) electrons. The second kappa shape index (κ2) is 12.1. The Hall–Kier alpha value is -2.24. The van der Waals surface area contributed by atoms with Gasteiger partial charge in [0.25, 0.3) is 5.91 Å². The normalized spacial score (nSPS) is 15.1.